The summed E-state index contributed by atoms with van der Waals surface area (Å²) >= 11 is 0. The Morgan fingerprint density at radius 1 is 1.55 bits per heavy atom. The zero-order chi connectivity index (χ0) is 14.7. The highest BCUT2D eigenvalue weighted by Crippen LogP contribution is 2.23. The van der Waals surface area contributed by atoms with Crippen LogP contribution in [-0.4, -0.2) is 40.9 Å². The Bertz CT molecular complexity index is 538. The molecule has 8 heteroatoms. The summed E-state index contributed by atoms with van der Waals surface area (Å²) in [5.41, 5.74) is 0. The Morgan fingerprint density at radius 2 is 2.30 bits per heavy atom. The first-order chi connectivity index (χ1) is 9.54. The first kappa shape index (κ1) is 14.0. The Morgan fingerprint density at radius 3 is 2.90 bits per heavy atom. The summed E-state index contributed by atoms with van der Waals surface area (Å²) in [5.74, 6) is -1.64. The van der Waals surface area contributed by atoms with Crippen molar-refractivity contribution in [1.29, 1.82) is 0 Å². The number of carbonyl (C=O) groups excluding carboxylic acids is 2. The van der Waals surface area contributed by atoms with Gasteiger partial charge in [-0.2, -0.15) is 0 Å². The number of furan rings is 1. The Hall–Kier alpha value is -2.38. The van der Waals surface area contributed by atoms with Crippen molar-refractivity contribution >= 4 is 17.8 Å². The van der Waals surface area contributed by atoms with Gasteiger partial charge in [0, 0.05) is 6.54 Å². The van der Waals surface area contributed by atoms with Crippen LogP contribution in [0.3, 0.4) is 0 Å². The molecule has 8 nitrogen and oxygen atoms in total. The van der Waals surface area contributed by atoms with Gasteiger partial charge in [0.2, 0.25) is 0 Å². The van der Waals surface area contributed by atoms with Gasteiger partial charge in [-0.25, -0.2) is 4.79 Å². The molecule has 1 atom stereocenters. The number of likely N-dealkylation sites (tertiary alicyclic amines) is 1. The minimum Gasteiger partial charge on any atom is -0.464 e. The summed E-state index contributed by atoms with van der Waals surface area (Å²) in [6.07, 6.45) is 1.20. The largest absolute Gasteiger partial charge is 0.464 e. The van der Waals surface area contributed by atoms with Crippen LogP contribution in [0.2, 0.25) is 0 Å². The molecule has 0 saturated carbocycles. The second kappa shape index (κ2) is 5.72. The maximum absolute atomic E-state index is 12.2. The SMILES string of the molecule is CCOC(=O)C1CCCN1C(=O)c1ccc([N+](=O)[O-])o1. The van der Waals surface area contributed by atoms with E-state index in [9.17, 15) is 19.7 Å². The first-order valence-corrected chi connectivity index (χ1v) is 6.26. The first-order valence-electron chi connectivity index (χ1n) is 6.26. The zero-order valence-corrected chi connectivity index (χ0v) is 10.9. The predicted octanol–water partition coefficient (Wildman–Crippen LogP) is 1.36. The van der Waals surface area contributed by atoms with Crippen LogP contribution in [0.1, 0.15) is 30.3 Å². The van der Waals surface area contributed by atoms with Gasteiger partial charge in [0.15, 0.2) is 5.76 Å². The van der Waals surface area contributed by atoms with Gasteiger partial charge in [-0.3, -0.25) is 14.9 Å². The van der Waals surface area contributed by atoms with Gasteiger partial charge >= 0.3 is 11.9 Å². The molecular weight excluding hydrogens is 268 g/mol. The molecule has 2 heterocycles. The quantitative estimate of drug-likeness (QED) is 0.469. The molecule has 0 radical (unpaired) electrons. The van der Waals surface area contributed by atoms with Crippen molar-refractivity contribution in [3.63, 3.8) is 0 Å². The minimum absolute atomic E-state index is 0.145. The molecule has 1 aliphatic heterocycles. The van der Waals surface area contributed by atoms with Crippen LogP contribution in [-0.2, 0) is 9.53 Å². The number of nitro groups is 1. The van der Waals surface area contributed by atoms with Gasteiger partial charge in [-0.05, 0) is 25.8 Å². The second-order valence-electron chi connectivity index (χ2n) is 4.30. The normalized spacial score (nSPS) is 18.1. The van der Waals surface area contributed by atoms with E-state index in [1.54, 1.807) is 6.92 Å². The highest BCUT2D eigenvalue weighted by atomic mass is 16.6. The van der Waals surface area contributed by atoms with E-state index < -0.39 is 28.7 Å². The molecule has 1 saturated heterocycles. The summed E-state index contributed by atoms with van der Waals surface area (Å²) in [6.45, 7) is 2.33. The lowest BCUT2D eigenvalue weighted by Crippen LogP contribution is -2.41. The van der Waals surface area contributed by atoms with Crippen molar-refractivity contribution in [2.45, 2.75) is 25.8 Å². The van der Waals surface area contributed by atoms with Gasteiger partial charge < -0.3 is 14.1 Å². The van der Waals surface area contributed by atoms with Gasteiger partial charge in [-0.15, -0.1) is 0 Å². The number of ether oxygens (including phenoxy) is 1. The summed E-state index contributed by atoms with van der Waals surface area (Å²) in [6, 6.07) is 1.70. The summed E-state index contributed by atoms with van der Waals surface area (Å²) < 4.78 is 9.78. The van der Waals surface area contributed by atoms with E-state index in [0.717, 1.165) is 6.07 Å². The van der Waals surface area contributed by atoms with Gasteiger partial charge in [0.25, 0.3) is 5.91 Å². The molecule has 1 aromatic heterocycles. The number of hydrogen-bond donors (Lipinski definition) is 0. The topological polar surface area (TPSA) is 103 Å². The summed E-state index contributed by atoms with van der Waals surface area (Å²) in [4.78, 5) is 35.1. The molecule has 0 bridgehead atoms. The molecule has 0 aromatic carbocycles. The third kappa shape index (κ3) is 2.63. The number of carbonyl (C=O) groups is 2. The Kier molecular flexibility index (Phi) is 4.02. The van der Waals surface area contributed by atoms with Crippen molar-refractivity contribution in [2.75, 3.05) is 13.2 Å². The van der Waals surface area contributed by atoms with Gasteiger partial charge in [0.05, 0.1) is 12.7 Å². The van der Waals surface area contributed by atoms with E-state index in [2.05, 4.69) is 0 Å². The van der Waals surface area contributed by atoms with Crippen molar-refractivity contribution in [1.82, 2.24) is 4.90 Å². The fraction of sp³-hybridized carbons (Fsp3) is 0.500. The van der Waals surface area contributed by atoms with E-state index in [-0.39, 0.29) is 12.4 Å². The highest BCUT2D eigenvalue weighted by molar-refractivity contribution is 5.95. The lowest BCUT2D eigenvalue weighted by Gasteiger charge is -2.21. The molecule has 108 valence electrons. The van der Waals surface area contributed by atoms with E-state index >= 15 is 0 Å². The standard InChI is InChI=1S/C12H14N2O6/c1-2-19-12(16)8-4-3-7-13(8)11(15)9-5-6-10(20-9)14(17)18/h5-6,8H,2-4,7H2,1H3. The van der Waals surface area contributed by atoms with Crippen molar-refractivity contribution in [3.8, 4) is 0 Å². The van der Waals surface area contributed by atoms with Crippen molar-refractivity contribution in [2.24, 2.45) is 0 Å². The summed E-state index contributed by atoms with van der Waals surface area (Å²) in [7, 11) is 0. The maximum Gasteiger partial charge on any atom is 0.433 e. The smallest absolute Gasteiger partial charge is 0.433 e. The molecule has 1 aliphatic rings. The molecule has 1 aromatic rings. The molecule has 0 N–H and O–H groups in total. The Balaban J connectivity index is 2.14. The van der Waals surface area contributed by atoms with E-state index in [1.165, 1.54) is 11.0 Å². The number of rotatable bonds is 4. The minimum atomic E-state index is -0.719. The predicted molar refractivity (Wildman–Crippen MR) is 66.1 cm³/mol. The zero-order valence-electron chi connectivity index (χ0n) is 10.9. The molecule has 1 unspecified atom stereocenters. The lowest BCUT2D eigenvalue weighted by atomic mass is 10.2. The van der Waals surface area contributed by atoms with E-state index in [1.807, 2.05) is 0 Å². The van der Waals surface area contributed by atoms with E-state index in [0.29, 0.717) is 19.4 Å². The summed E-state index contributed by atoms with van der Waals surface area (Å²) in [5, 5.41) is 10.5. The molecule has 20 heavy (non-hydrogen) atoms. The van der Waals surface area contributed by atoms with Crippen LogP contribution in [0.5, 0.6) is 0 Å². The van der Waals surface area contributed by atoms with Crippen LogP contribution in [0, 0.1) is 10.1 Å². The molecular formula is C12H14N2O6. The van der Waals surface area contributed by atoms with Crippen LogP contribution in [0.15, 0.2) is 16.5 Å². The molecule has 1 amide bonds. The van der Waals surface area contributed by atoms with Gasteiger partial charge in [0.1, 0.15) is 11.0 Å². The third-order valence-electron chi connectivity index (χ3n) is 3.05. The van der Waals surface area contributed by atoms with Crippen LogP contribution in [0.25, 0.3) is 0 Å². The maximum atomic E-state index is 12.2. The number of hydrogen-bond acceptors (Lipinski definition) is 6. The third-order valence-corrected chi connectivity index (χ3v) is 3.05. The van der Waals surface area contributed by atoms with Crippen LogP contribution < -0.4 is 0 Å². The Labute approximate surface area is 114 Å². The van der Waals surface area contributed by atoms with Crippen LogP contribution in [0.4, 0.5) is 5.88 Å². The average Bonchev–Trinajstić information content (AvgIpc) is 3.07. The molecule has 1 fully saturated rings. The number of amides is 1. The molecule has 0 spiro atoms. The van der Waals surface area contributed by atoms with Crippen molar-refractivity contribution < 1.29 is 23.7 Å². The molecule has 2 rings (SSSR count). The van der Waals surface area contributed by atoms with Crippen LogP contribution >= 0.6 is 0 Å². The van der Waals surface area contributed by atoms with Crippen molar-refractivity contribution in [3.05, 3.63) is 28.0 Å². The number of nitrogens with zero attached hydrogens (tertiary/aromatic N) is 2. The monoisotopic (exact) mass is 282 g/mol. The van der Waals surface area contributed by atoms with E-state index in [4.69, 9.17) is 9.15 Å². The second-order valence-corrected chi connectivity index (χ2v) is 4.30. The number of esters is 1. The fourth-order valence-corrected chi connectivity index (χ4v) is 2.18. The molecule has 0 aliphatic carbocycles. The lowest BCUT2D eigenvalue weighted by molar-refractivity contribution is -0.402. The van der Waals surface area contributed by atoms with Gasteiger partial charge in [-0.1, -0.05) is 0 Å². The average molecular weight is 282 g/mol. The highest BCUT2D eigenvalue weighted by Gasteiger charge is 2.37. The fourth-order valence-electron chi connectivity index (χ4n) is 2.18.